The molecule has 4 N–H and O–H groups in total. The summed E-state index contributed by atoms with van der Waals surface area (Å²) in [6.07, 6.45) is 1.53. The van der Waals surface area contributed by atoms with Crippen LogP contribution in [0, 0.1) is 6.92 Å². The summed E-state index contributed by atoms with van der Waals surface area (Å²) >= 11 is 0. The first-order valence-corrected chi connectivity index (χ1v) is 6.38. The minimum atomic E-state index is -0.486. The normalized spacial score (nSPS) is 11.8. The van der Waals surface area contributed by atoms with Crippen LogP contribution in [0.4, 0.5) is 11.4 Å². The molecular weight excluding hydrogens is 242 g/mol. The molecule has 104 valence electrons. The molecular formula is C14H21N3O2. The number of rotatable bonds is 5. The van der Waals surface area contributed by atoms with Crippen molar-refractivity contribution < 1.29 is 9.59 Å². The summed E-state index contributed by atoms with van der Waals surface area (Å²) in [7, 11) is 0. The molecule has 0 fully saturated rings. The van der Waals surface area contributed by atoms with Crippen LogP contribution in [0.3, 0.4) is 0 Å². The van der Waals surface area contributed by atoms with E-state index in [4.69, 9.17) is 5.73 Å². The first-order chi connectivity index (χ1) is 8.93. The lowest BCUT2D eigenvalue weighted by atomic mass is 10.1. The molecule has 0 unspecified atom stereocenters. The molecule has 1 rings (SSSR count). The van der Waals surface area contributed by atoms with Gasteiger partial charge in [-0.25, -0.2) is 0 Å². The lowest BCUT2D eigenvalue weighted by molar-refractivity contribution is -0.117. The van der Waals surface area contributed by atoms with Crippen molar-refractivity contribution in [3.8, 4) is 0 Å². The van der Waals surface area contributed by atoms with Crippen molar-refractivity contribution in [2.45, 2.75) is 39.7 Å². The SMILES string of the molecule is CCC[C@@H](N)C(=O)Nc1ccc(NC(C)=O)c(C)c1. The number of benzene rings is 1. The fourth-order valence-corrected chi connectivity index (χ4v) is 1.75. The predicted octanol–water partition coefficient (Wildman–Crippen LogP) is 2.02. The van der Waals surface area contributed by atoms with Gasteiger partial charge in [-0.1, -0.05) is 13.3 Å². The van der Waals surface area contributed by atoms with Crippen LogP contribution in [0.1, 0.15) is 32.3 Å². The third-order valence-electron chi connectivity index (χ3n) is 2.74. The molecule has 0 aliphatic heterocycles. The van der Waals surface area contributed by atoms with E-state index >= 15 is 0 Å². The van der Waals surface area contributed by atoms with Crippen molar-refractivity contribution in [1.29, 1.82) is 0 Å². The Bertz CT molecular complexity index is 472. The van der Waals surface area contributed by atoms with E-state index in [1.165, 1.54) is 6.92 Å². The summed E-state index contributed by atoms with van der Waals surface area (Å²) in [4.78, 5) is 22.8. The van der Waals surface area contributed by atoms with E-state index in [1.807, 2.05) is 19.9 Å². The van der Waals surface area contributed by atoms with Crippen LogP contribution < -0.4 is 16.4 Å². The highest BCUT2D eigenvalue weighted by Crippen LogP contribution is 2.19. The maximum absolute atomic E-state index is 11.8. The smallest absolute Gasteiger partial charge is 0.241 e. The fraction of sp³-hybridized carbons (Fsp3) is 0.429. The number of nitrogens with one attached hydrogen (secondary N) is 2. The van der Waals surface area contributed by atoms with Gasteiger partial charge in [-0.15, -0.1) is 0 Å². The third kappa shape index (κ3) is 4.71. The quantitative estimate of drug-likeness (QED) is 0.759. The van der Waals surface area contributed by atoms with E-state index in [9.17, 15) is 9.59 Å². The van der Waals surface area contributed by atoms with Gasteiger partial charge < -0.3 is 16.4 Å². The Morgan fingerprint density at radius 3 is 2.53 bits per heavy atom. The minimum absolute atomic E-state index is 0.121. The maximum Gasteiger partial charge on any atom is 0.241 e. The molecule has 2 amide bonds. The lowest BCUT2D eigenvalue weighted by Gasteiger charge is -2.13. The van der Waals surface area contributed by atoms with Crippen molar-refractivity contribution in [1.82, 2.24) is 0 Å². The monoisotopic (exact) mass is 263 g/mol. The van der Waals surface area contributed by atoms with E-state index in [0.717, 1.165) is 17.7 Å². The molecule has 1 atom stereocenters. The molecule has 0 heterocycles. The van der Waals surface area contributed by atoms with Crippen molar-refractivity contribution in [3.05, 3.63) is 23.8 Å². The van der Waals surface area contributed by atoms with Gasteiger partial charge in [-0.05, 0) is 37.1 Å². The molecule has 0 radical (unpaired) electrons. The highest BCUT2D eigenvalue weighted by Gasteiger charge is 2.12. The molecule has 0 aliphatic carbocycles. The zero-order valence-electron chi connectivity index (χ0n) is 11.6. The highest BCUT2D eigenvalue weighted by atomic mass is 16.2. The Hall–Kier alpha value is -1.88. The molecule has 0 saturated heterocycles. The zero-order chi connectivity index (χ0) is 14.4. The molecule has 0 bridgehead atoms. The number of amides is 2. The standard InChI is InChI=1S/C14H21N3O2/c1-4-5-12(15)14(19)17-11-6-7-13(9(2)8-11)16-10(3)18/h6-8,12H,4-5,15H2,1-3H3,(H,16,18)(H,17,19)/t12-/m1/s1. The summed E-state index contributed by atoms with van der Waals surface area (Å²) in [5.41, 5.74) is 8.05. The summed E-state index contributed by atoms with van der Waals surface area (Å²) in [6.45, 7) is 5.31. The highest BCUT2D eigenvalue weighted by molar-refractivity contribution is 5.95. The van der Waals surface area contributed by atoms with Crippen LogP contribution >= 0.6 is 0 Å². The molecule has 0 spiro atoms. The second-order valence-corrected chi connectivity index (χ2v) is 4.60. The second-order valence-electron chi connectivity index (χ2n) is 4.60. The number of carbonyl (C=O) groups is 2. The van der Waals surface area contributed by atoms with Gasteiger partial charge in [-0.3, -0.25) is 9.59 Å². The number of anilines is 2. The molecule has 5 nitrogen and oxygen atoms in total. The Balaban J connectivity index is 2.73. The van der Waals surface area contributed by atoms with Gasteiger partial charge in [0.15, 0.2) is 0 Å². The number of hydrogen-bond acceptors (Lipinski definition) is 3. The van der Waals surface area contributed by atoms with E-state index in [0.29, 0.717) is 12.1 Å². The van der Waals surface area contributed by atoms with Gasteiger partial charge in [0.2, 0.25) is 11.8 Å². The van der Waals surface area contributed by atoms with Gasteiger partial charge in [0.05, 0.1) is 6.04 Å². The Morgan fingerprint density at radius 1 is 1.32 bits per heavy atom. The largest absolute Gasteiger partial charge is 0.326 e. The van der Waals surface area contributed by atoms with Gasteiger partial charge in [0.1, 0.15) is 0 Å². The summed E-state index contributed by atoms with van der Waals surface area (Å²) in [6, 6.07) is 4.83. The van der Waals surface area contributed by atoms with Crippen molar-refractivity contribution >= 4 is 23.2 Å². The number of nitrogens with two attached hydrogens (primary N) is 1. The Labute approximate surface area is 113 Å². The number of carbonyl (C=O) groups excluding carboxylic acids is 2. The molecule has 0 aliphatic rings. The molecule has 5 heteroatoms. The first kappa shape index (κ1) is 15.2. The first-order valence-electron chi connectivity index (χ1n) is 6.38. The van der Waals surface area contributed by atoms with Gasteiger partial charge in [-0.2, -0.15) is 0 Å². The molecule has 1 aromatic rings. The number of aryl methyl sites for hydroxylation is 1. The summed E-state index contributed by atoms with van der Waals surface area (Å²) < 4.78 is 0. The van der Waals surface area contributed by atoms with Gasteiger partial charge in [0, 0.05) is 18.3 Å². The Kier molecular flexibility index (Phi) is 5.51. The average Bonchev–Trinajstić information content (AvgIpc) is 2.32. The zero-order valence-corrected chi connectivity index (χ0v) is 11.6. The fourth-order valence-electron chi connectivity index (χ4n) is 1.75. The van der Waals surface area contributed by atoms with E-state index in [1.54, 1.807) is 12.1 Å². The third-order valence-corrected chi connectivity index (χ3v) is 2.74. The van der Waals surface area contributed by atoms with E-state index in [-0.39, 0.29) is 11.8 Å². The topological polar surface area (TPSA) is 84.2 Å². The van der Waals surface area contributed by atoms with Crippen LogP contribution in [-0.2, 0) is 9.59 Å². The maximum atomic E-state index is 11.8. The van der Waals surface area contributed by atoms with Gasteiger partial charge >= 0.3 is 0 Å². The van der Waals surface area contributed by atoms with Crippen LogP contribution in [0.15, 0.2) is 18.2 Å². The lowest BCUT2D eigenvalue weighted by Crippen LogP contribution is -2.35. The van der Waals surface area contributed by atoms with Gasteiger partial charge in [0.25, 0.3) is 0 Å². The van der Waals surface area contributed by atoms with Crippen LogP contribution in [0.25, 0.3) is 0 Å². The molecule has 1 aromatic carbocycles. The average molecular weight is 263 g/mol. The second kappa shape index (κ2) is 6.89. The Morgan fingerprint density at radius 2 is 2.00 bits per heavy atom. The number of hydrogen-bond donors (Lipinski definition) is 3. The molecule has 0 aromatic heterocycles. The van der Waals surface area contributed by atoms with Crippen molar-refractivity contribution in [2.75, 3.05) is 10.6 Å². The van der Waals surface area contributed by atoms with Crippen LogP contribution in [0.2, 0.25) is 0 Å². The van der Waals surface area contributed by atoms with Crippen LogP contribution in [0.5, 0.6) is 0 Å². The molecule has 0 saturated carbocycles. The van der Waals surface area contributed by atoms with E-state index < -0.39 is 6.04 Å². The van der Waals surface area contributed by atoms with Crippen molar-refractivity contribution in [3.63, 3.8) is 0 Å². The summed E-state index contributed by atoms with van der Waals surface area (Å²) in [5.74, 6) is -0.307. The van der Waals surface area contributed by atoms with E-state index in [2.05, 4.69) is 10.6 Å². The minimum Gasteiger partial charge on any atom is -0.326 e. The summed E-state index contributed by atoms with van der Waals surface area (Å²) in [5, 5.41) is 5.49. The van der Waals surface area contributed by atoms with Crippen LogP contribution in [-0.4, -0.2) is 17.9 Å². The molecule has 19 heavy (non-hydrogen) atoms. The van der Waals surface area contributed by atoms with Crippen molar-refractivity contribution in [2.24, 2.45) is 5.73 Å². The predicted molar refractivity (Wildman–Crippen MR) is 77.0 cm³/mol.